The predicted molar refractivity (Wildman–Crippen MR) is 56.4 cm³/mol. The maximum atomic E-state index is 11.9. The summed E-state index contributed by atoms with van der Waals surface area (Å²) in [6.07, 6.45) is 6.60. The van der Waals surface area contributed by atoms with Crippen LogP contribution >= 0.6 is 0 Å². The predicted octanol–water partition coefficient (Wildman–Crippen LogP) is 1.59. The number of likely N-dealkylation sites (tertiary alicyclic amines) is 1. The molecule has 2 bridgehead atoms. The Balaban J connectivity index is 1.45. The molecule has 3 nitrogen and oxygen atoms in total. The minimum absolute atomic E-state index is 0.228. The van der Waals surface area contributed by atoms with Crippen LogP contribution in [0.15, 0.2) is 0 Å². The SMILES string of the molecule is O=C(NC1CC1)N1CC2C3CCC(C3)C21. The fourth-order valence-corrected chi connectivity index (χ4v) is 4.04. The van der Waals surface area contributed by atoms with Gasteiger partial charge in [-0.05, 0) is 43.9 Å². The summed E-state index contributed by atoms with van der Waals surface area (Å²) in [5.74, 6) is 2.68. The molecule has 0 aromatic rings. The Kier molecular flexibility index (Phi) is 1.51. The van der Waals surface area contributed by atoms with Gasteiger partial charge in [0.1, 0.15) is 0 Å². The molecule has 1 N–H and O–H groups in total. The lowest BCUT2D eigenvalue weighted by Crippen LogP contribution is -2.63. The third kappa shape index (κ3) is 1.09. The van der Waals surface area contributed by atoms with Gasteiger partial charge in [-0.1, -0.05) is 0 Å². The van der Waals surface area contributed by atoms with Gasteiger partial charge in [0, 0.05) is 24.5 Å². The molecule has 1 aliphatic heterocycles. The number of rotatable bonds is 1. The second-order valence-corrected chi connectivity index (χ2v) is 5.86. The second kappa shape index (κ2) is 2.69. The Labute approximate surface area is 90.2 Å². The van der Waals surface area contributed by atoms with Crippen LogP contribution in [0.4, 0.5) is 4.79 Å². The zero-order chi connectivity index (χ0) is 9.99. The molecule has 2 amide bonds. The molecule has 3 heteroatoms. The van der Waals surface area contributed by atoms with E-state index >= 15 is 0 Å². The number of nitrogens with zero attached hydrogens (tertiary/aromatic N) is 1. The minimum atomic E-state index is 0.228. The molecule has 3 aliphatic carbocycles. The van der Waals surface area contributed by atoms with Crippen LogP contribution in [0.1, 0.15) is 32.1 Å². The van der Waals surface area contributed by atoms with Gasteiger partial charge >= 0.3 is 6.03 Å². The normalized spacial score (nSPS) is 46.3. The number of carbonyl (C=O) groups excluding carboxylic acids is 1. The van der Waals surface area contributed by atoms with Crippen LogP contribution in [0.3, 0.4) is 0 Å². The van der Waals surface area contributed by atoms with E-state index in [1.165, 1.54) is 32.1 Å². The van der Waals surface area contributed by atoms with Gasteiger partial charge in [0.25, 0.3) is 0 Å². The number of nitrogens with one attached hydrogen (secondary N) is 1. The molecule has 0 aromatic carbocycles. The molecule has 0 spiro atoms. The van der Waals surface area contributed by atoms with Crippen molar-refractivity contribution in [3.05, 3.63) is 0 Å². The Hall–Kier alpha value is -0.730. The second-order valence-electron chi connectivity index (χ2n) is 5.86. The Bertz CT molecular complexity index is 311. The fourth-order valence-electron chi connectivity index (χ4n) is 4.04. The van der Waals surface area contributed by atoms with E-state index < -0.39 is 0 Å². The van der Waals surface area contributed by atoms with Gasteiger partial charge < -0.3 is 10.2 Å². The molecule has 0 aromatic heterocycles. The van der Waals surface area contributed by atoms with Crippen molar-refractivity contribution in [1.82, 2.24) is 10.2 Å². The van der Waals surface area contributed by atoms with Crippen LogP contribution in [0.25, 0.3) is 0 Å². The number of hydrogen-bond donors (Lipinski definition) is 1. The zero-order valence-corrected chi connectivity index (χ0v) is 8.98. The lowest BCUT2D eigenvalue weighted by atomic mass is 9.77. The van der Waals surface area contributed by atoms with Gasteiger partial charge in [-0.2, -0.15) is 0 Å². The van der Waals surface area contributed by atoms with Crippen molar-refractivity contribution in [2.75, 3.05) is 6.54 Å². The van der Waals surface area contributed by atoms with Gasteiger partial charge in [-0.15, -0.1) is 0 Å². The summed E-state index contributed by atoms with van der Waals surface area (Å²) < 4.78 is 0. The maximum absolute atomic E-state index is 11.9. The van der Waals surface area contributed by atoms with Crippen molar-refractivity contribution in [3.8, 4) is 0 Å². The van der Waals surface area contributed by atoms with E-state index in [0.29, 0.717) is 12.1 Å². The van der Waals surface area contributed by atoms with Gasteiger partial charge in [0.15, 0.2) is 0 Å². The minimum Gasteiger partial charge on any atom is -0.335 e. The number of hydrogen-bond acceptors (Lipinski definition) is 1. The van der Waals surface area contributed by atoms with Gasteiger partial charge in [0.05, 0.1) is 0 Å². The average Bonchev–Trinajstić information content (AvgIpc) is 2.77. The lowest BCUT2D eigenvalue weighted by Gasteiger charge is -2.50. The van der Waals surface area contributed by atoms with E-state index in [9.17, 15) is 4.79 Å². The summed E-state index contributed by atoms with van der Waals surface area (Å²) in [5, 5.41) is 3.11. The van der Waals surface area contributed by atoms with Crippen LogP contribution in [-0.2, 0) is 0 Å². The molecular weight excluding hydrogens is 188 g/mol. The summed E-state index contributed by atoms with van der Waals surface area (Å²) in [4.78, 5) is 14.0. The molecule has 0 radical (unpaired) electrons. The smallest absolute Gasteiger partial charge is 0.317 e. The standard InChI is InChI=1S/C12H18N2O/c15-12(13-9-3-4-9)14-6-10-7-1-2-8(5-7)11(10)14/h7-11H,1-6H2,(H,13,15). The van der Waals surface area contributed by atoms with E-state index in [1.807, 2.05) is 0 Å². The lowest BCUT2D eigenvalue weighted by molar-refractivity contribution is 0.0122. The van der Waals surface area contributed by atoms with Crippen LogP contribution in [0.2, 0.25) is 0 Å². The fraction of sp³-hybridized carbons (Fsp3) is 0.917. The quantitative estimate of drug-likeness (QED) is 0.694. The molecule has 4 atom stereocenters. The van der Waals surface area contributed by atoms with Crippen molar-refractivity contribution in [1.29, 1.82) is 0 Å². The van der Waals surface area contributed by atoms with Crippen molar-refractivity contribution < 1.29 is 4.79 Å². The third-order valence-corrected chi connectivity index (χ3v) is 4.97. The largest absolute Gasteiger partial charge is 0.335 e. The van der Waals surface area contributed by atoms with E-state index in [4.69, 9.17) is 0 Å². The Morgan fingerprint density at radius 1 is 1.13 bits per heavy atom. The number of fused-ring (bicyclic) bond motifs is 5. The highest BCUT2D eigenvalue weighted by atomic mass is 16.2. The van der Waals surface area contributed by atoms with Crippen LogP contribution < -0.4 is 5.32 Å². The van der Waals surface area contributed by atoms with Crippen molar-refractivity contribution >= 4 is 6.03 Å². The molecule has 3 saturated carbocycles. The maximum Gasteiger partial charge on any atom is 0.317 e. The van der Waals surface area contributed by atoms with Crippen molar-refractivity contribution in [2.45, 2.75) is 44.2 Å². The van der Waals surface area contributed by atoms with E-state index in [-0.39, 0.29) is 6.03 Å². The molecule has 1 heterocycles. The molecule has 4 unspecified atom stereocenters. The summed E-state index contributed by atoms with van der Waals surface area (Å²) in [6.45, 7) is 1.05. The van der Waals surface area contributed by atoms with Gasteiger partial charge in [-0.25, -0.2) is 4.79 Å². The molecule has 1 saturated heterocycles. The average molecular weight is 206 g/mol. The van der Waals surface area contributed by atoms with Gasteiger partial charge in [0.2, 0.25) is 0 Å². The highest BCUT2D eigenvalue weighted by Crippen LogP contribution is 2.55. The molecular formula is C12H18N2O. The third-order valence-electron chi connectivity index (χ3n) is 4.97. The molecule has 15 heavy (non-hydrogen) atoms. The topological polar surface area (TPSA) is 32.3 Å². The molecule has 4 fully saturated rings. The summed E-state index contributed by atoms with van der Waals surface area (Å²) in [6, 6.07) is 1.36. The van der Waals surface area contributed by atoms with E-state index in [0.717, 1.165) is 24.3 Å². The van der Waals surface area contributed by atoms with E-state index in [2.05, 4.69) is 10.2 Å². The number of amides is 2. The van der Waals surface area contributed by atoms with Crippen LogP contribution in [-0.4, -0.2) is 29.6 Å². The molecule has 4 rings (SSSR count). The van der Waals surface area contributed by atoms with Crippen molar-refractivity contribution in [3.63, 3.8) is 0 Å². The summed E-state index contributed by atoms with van der Waals surface area (Å²) in [5.41, 5.74) is 0. The molecule has 82 valence electrons. The zero-order valence-electron chi connectivity index (χ0n) is 8.98. The highest BCUT2D eigenvalue weighted by Gasteiger charge is 2.57. The van der Waals surface area contributed by atoms with Gasteiger partial charge in [-0.3, -0.25) is 0 Å². The summed E-state index contributed by atoms with van der Waals surface area (Å²) in [7, 11) is 0. The Morgan fingerprint density at radius 2 is 1.93 bits per heavy atom. The van der Waals surface area contributed by atoms with Crippen LogP contribution in [0.5, 0.6) is 0 Å². The number of urea groups is 1. The first-order valence-electron chi connectivity index (χ1n) is 6.40. The monoisotopic (exact) mass is 206 g/mol. The first-order chi connectivity index (χ1) is 7.33. The Morgan fingerprint density at radius 3 is 2.67 bits per heavy atom. The first-order valence-corrected chi connectivity index (χ1v) is 6.40. The first kappa shape index (κ1) is 8.43. The molecule has 4 aliphatic rings. The summed E-state index contributed by atoms with van der Waals surface area (Å²) >= 11 is 0. The van der Waals surface area contributed by atoms with E-state index in [1.54, 1.807) is 0 Å². The van der Waals surface area contributed by atoms with Crippen LogP contribution in [0, 0.1) is 17.8 Å². The number of carbonyl (C=O) groups is 1. The highest BCUT2D eigenvalue weighted by molar-refractivity contribution is 5.76. The van der Waals surface area contributed by atoms with Crippen molar-refractivity contribution in [2.24, 2.45) is 17.8 Å².